The molecule has 2 aromatic rings. The first-order valence-electron chi connectivity index (χ1n) is 8.77. The van der Waals surface area contributed by atoms with Crippen molar-refractivity contribution in [3.63, 3.8) is 0 Å². The van der Waals surface area contributed by atoms with Gasteiger partial charge in [-0.2, -0.15) is 0 Å². The minimum absolute atomic E-state index is 0.0162. The third-order valence-corrected chi connectivity index (χ3v) is 5.00. The molecular formula is C21H22ClNO3. The van der Waals surface area contributed by atoms with E-state index in [0.717, 1.165) is 11.1 Å². The van der Waals surface area contributed by atoms with Crippen LogP contribution < -0.4 is 0 Å². The largest absolute Gasteiger partial charge is 0.391 e. The van der Waals surface area contributed by atoms with E-state index in [4.69, 9.17) is 11.6 Å². The predicted octanol–water partition coefficient (Wildman–Crippen LogP) is 3.43. The van der Waals surface area contributed by atoms with Crippen molar-refractivity contribution in [2.75, 3.05) is 6.54 Å². The zero-order chi connectivity index (χ0) is 18.7. The summed E-state index contributed by atoms with van der Waals surface area (Å²) < 4.78 is 0. The number of aliphatic hydroxyl groups is 1. The van der Waals surface area contributed by atoms with E-state index in [1.54, 1.807) is 18.2 Å². The Morgan fingerprint density at radius 2 is 1.92 bits per heavy atom. The summed E-state index contributed by atoms with van der Waals surface area (Å²) >= 11 is 5.88. The first kappa shape index (κ1) is 18.6. The molecule has 1 heterocycles. The van der Waals surface area contributed by atoms with Crippen LogP contribution in [0.15, 0.2) is 48.5 Å². The Morgan fingerprint density at radius 1 is 1.19 bits per heavy atom. The quantitative estimate of drug-likeness (QED) is 0.876. The third kappa shape index (κ3) is 4.32. The number of aryl methyl sites for hydroxylation is 2. The summed E-state index contributed by atoms with van der Waals surface area (Å²) in [7, 11) is 0. The van der Waals surface area contributed by atoms with Gasteiger partial charge in [0.2, 0.25) is 0 Å². The Morgan fingerprint density at radius 3 is 2.62 bits per heavy atom. The summed E-state index contributed by atoms with van der Waals surface area (Å²) in [5, 5.41) is 10.7. The van der Waals surface area contributed by atoms with Gasteiger partial charge in [-0.25, -0.2) is 0 Å². The van der Waals surface area contributed by atoms with Crippen molar-refractivity contribution in [2.45, 2.75) is 38.3 Å². The molecule has 2 aromatic carbocycles. The van der Waals surface area contributed by atoms with E-state index in [2.05, 4.69) is 0 Å². The average molecular weight is 372 g/mol. The highest BCUT2D eigenvalue weighted by molar-refractivity contribution is 6.30. The van der Waals surface area contributed by atoms with E-state index in [1.165, 1.54) is 4.90 Å². The number of aliphatic hydroxyl groups excluding tert-OH is 1. The van der Waals surface area contributed by atoms with E-state index in [-0.39, 0.29) is 18.2 Å². The van der Waals surface area contributed by atoms with E-state index in [0.29, 0.717) is 29.8 Å². The van der Waals surface area contributed by atoms with Crippen molar-refractivity contribution >= 4 is 23.3 Å². The summed E-state index contributed by atoms with van der Waals surface area (Å²) in [6.07, 6.45) is 0.566. The summed E-state index contributed by atoms with van der Waals surface area (Å²) in [6.45, 7) is 2.12. The average Bonchev–Trinajstić information content (AvgIpc) is 3.02. The zero-order valence-electron chi connectivity index (χ0n) is 14.7. The molecule has 1 aliphatic heterocycles. The second kappa shape index (κ2) is 8.02. The van der Waals surface area contributed by atoms with Crippen molar-refractivity contribution in [1.29, 1.82) is 0 Å². The molecule has 2 atom stereocenters. The van der Waals surface area contributed by atoms with Crippen LogP contribution in [0.1, 0.15) is 34.3 Å². The van der Waals surface area contributed by atoms with Gasteiger partial charge in [0.15, 0.2) is 5.78 Å². The van der Waals surface area contributed by atoms with Gasteiger partial charge < -0.3 is 10.0 Å². The van der Waals surface area contributed by atoms with Crippen LogP contribution in [0.25, 0.3) is 0 Å². The Kier molecular flexibility index (Phi) is 5.74. The Bertz CT molecular complexity index is 803. The number of likely N-dealkylation sites (tertiary alicyclic amines) is 1. The molecule has 136 valence electrons. The minimum atomic E-state index is -0.659. The van der Waals surface area contributed by atoms with Crippen LogP contribution in [-0.4, -0.2) is 40.4 Å². The lowest BCUT2D eigenvalue weighted by Gasteiger charge is -2.23. The third-order valence-electron chi connectivity index (χ3n) is 4.75. The molecule has 0 radical (unpaired) electrons. The summed E-state index contributed by atoms with van der Waals surface area (Å²) in [6, 6.07) is 14.1. The molecule has 0 spiro atoms. The fraction of sp³-hybridized carbons (Fsp3) is 0.333. The molecule has 1 amide bonds. The van der Waals surface area contributed by atoms with Gasteiger partial charge in [0.1, 0.15) is 0 Å². The highest BCUT2D eigenvalue weighted by Crippen LogP contribution is 2.23. The fourth-order valence-corrected chi connectivity index (χ4v) is 3.50. The standard InChI is InChI=1S/C21H22ClNO3/c1-14-3-2-4-16(11-14)21(26)23-13-18(24)12-19(23)20(25)10-7-15-5-8-17(22)9-6-15/h2-6,8-9,11,18-19,24H,7,10,12-13H2,1H3/t18-,19+/m1/s1. The lowest BCUT2D eigenvalue weighted by atomic mass is 10.0. The molecular weight excluding hydrogens is 350 g/mol. The number of β-amino-alcohol motifs (C(OH)–C–C–N with tert-alkyl or cyclic N) is 1. The monoisotopic (exact) mass is 371 g/mol. The Balaban J connectivity index is 1.69. The van der Waals surface area contributed by atoms with Gasteiger partial charge in [0.25, 0.3) is 5.91 Å². The van der Waals surface area contributed by atoms with Gasteiger partial charge in [0.05, 0.1) is 12.1 Å². The Labute approximate surface area is 158 Å². The van der Waals surface area contributed by atoms with Crippen LogP contribution in [0.2, 0.25) is 5.02 Å². The molecule has 0 bridgehead atoms. The van der Waals surface area contributed by atoms with E-state index in [9.17, 15) is 14.7 Å². The number of hydrogen-bond donors (Lipinski definition) is 1. The van der Waals surface area contributed by atoms with Crippen molar-refractivity contribution in [1.82, 2.24) is 4.90 Å². The molecule has 4 nitrogen and oxygen atoms in total. The van der Waals surface area contributed by atoms with E-state index < -0.39 is 12.1 Å². The minimum Gasteiger partial charge on any atom is -0.391 e. The first-order valence-corrected chi connectivity index (χ1v) is 9.14. The topological polar surface area (TPSA) is 57.6 Å². The maximum absolute atomic E-state index is 12.8. The number of hydrogen-bond acceptors (Lipinski definition) is 3. The van der Waals surface area contributed by atoms with Crippen LogP contribution in [0.5, 0.6) is 0 Å². The molecule has 1 N–H and O–H groups in total. The molecule has 0 aliphatic carbocycles. The Hall–Kier alpha value is -2.17. The molecule has 1 fully saturated rings. The molecule has 26 heavy (non-hydrogen) atoms. The van der Waals surface area contributed by atoms with Crippen LogP contribution in [0, 0.1) is 6.92 Å². The number of halogens is 1. The molecule has 1 saturated heterocycles. The first-order chi connectivity index (χ1) is 12.4. The van der Waals surface area contributed by atoms with Gasteiger partial charge in [-0.15, -0.1) is 0 Å². The summed E-state index contributed by atoms with van der Waals surface area (Å²) in [5.74, 6) is -0.215. The molecule has 0 saturated carbocycles. The highest BCUT2D eigenvalue weighted by Gasteiger charge is 2.38. The van der Waals surface area contributed by atoms with Crippen molar-refractivity contribution in [2.24, 2.45) is 0 Å². The number of nitrogens with zero attached hydrogens (tertiary/aromatic N) is 1. The van der Waals surface area contributed by atoms with Crippen molar-refractivity contribution in [3.8, 4) is 0 Å². The number of ketones is 1. The summed E-state index contributed by atoms with van der Waals surface area (Å²) in [5.41, 5.74) is 2.56. The molecule has 5 heteroatoms. The lowest BCUT2D eigenvalue weighted by Crippen LogP contribution is -2.40. The van der Waals surface area contributed by atoms with E-state index in [1.807, 2.05) is 37.3 Å². The van der Waals surface area contributed by atoms with Gasteiger partial charge in [-0.05, 0) is 43.2 Å². The fourth-order valence-electron chi connectivity index (χ4n) is 3.37. The predicted molar refractivity (Wildman–Crippen MR) is 101 cm³/mol. The molecule has 1 aliphatic rings. The molecule has 0 unspecified atom stereocenters. The maximum atomic E-state index is 12.8. The normalized spacial score (nSPS) is 19.6. The number of amides is 1. The van der Waals surface area contributed by atoms with Crippen LogP contribution in [0.3, 0.4) is 0 Å². The van der Waals surface area contributed by atoms with Crippen LogP contribution >= 0.6 is 11.6 Å². The second-order valence-corrected chi connectivity index (χ2v) is 7.26. The number of carbonyl (C=O) groups is 2. The number of Topliss-reactive ketones (excluding diaryl/α,β-unsaturated/α-hetero) is 1. The number of rotatable bonds is 5. The number of benzene rings is 2. The second-order valence-electron chi connectivity index (χ2n) is 6.83. The molecule has 0 aromatic heterocycles. The maximum Gasteiger partial charge on any atom is 0.254 e. The van der Waals surface area contributed by atoms with Crippen LogP contribution in [-0.2, 0) is 11.2 Å². The van der Waals surface area contributed by atoms with Gasteiger partial charge in [-0.1, -0.05) is 41.4 Å². The number of carbonyl (C=O) groups excluding carboxylic acids is 2. The SMILES string of the molecule is Cc1cccc(C(=O)N2C[C@H](O)C[C@H]2C(=O)CCc2ccc(Cl)cc2)c1. The summed E-state index contributed by atoms with van der Waals surface area (Å²) in [4.78, 5) is 27.0. The zero-order valence-corrected chi connectivity index (χ0v) is 15.4. The smallest absolute Gasteiger partial charge is 0.254 e. The van der Waals surface area contributed by atoms with Crippen molar-refractivity contribution in [3.05, 3.63) is 70.2 Å². The molecule has 3 rings (SSSR count). The van der Waals surface area contributed by atoms with Gasteiger partial charge in [-0.3, -0.25) is 9.59 Å². The van der Waals surface area contributed by atoms with Gasteiger partial charge in [0, 0.05) is 30.0 Å². The van der Waals surface area contributed by atoms with Crippen molar-refractivity contribution < 1.29 is 14.7 Å². The van der Waals surface area contributed by atoms with E-state index >= 15 is 0 Å². The van der Waals surface area contributed by atoms with Crippen LogP contribution in [0.4, 0.5) is 0 Å². The van der Waals surface area contributed by atoms with Gasteiger partial charge >= 0.3 is 0 Å². The lowest BCUT2D eigenvalue weighted by molar-refractivity contribution is -0.122. The highest BCUT2D eigenvalue weighted by atomic mass is 35.5.